The van der Waals surface area contributed by atoms with Crippen LogP contribution in [0.4, 0.5) is 0 Å². The first-order valence-corrected chi connectivity index (χ1v) is 8.37. The Morgan fingerprint density at radius 2 is 1.84 bits per heavy atom. The van der Waals surface area contributed by atoms with Gasteiger partial charge in [0.1, 0.15) is 11.0 Å². The van der Waals surface area contributed by atoms with Crippen LogP contribution in [0.25, 0.3) is 0 Å². The molecule has 0 spiro atoms. The minimum atomic E-state index is 0.342. The first-order chi connectivity index (χ1) is 9.22. The standard InChI is InChI=1S/C13H16ClIN4/c14-12-10(15)11(8-1-2-8)16-13(17-12)9-7-18-3-5-19(9)6-4-18/h8-9H,1-7H2. The minimum Gasteiger partial charge on any atom is -0.299 e. The fraction of sp³-hybridized carbons (Fsp3) is 0.692. The van der Waals surface area contributed by atoms with Gasteiger partial charge in [-0.3, -0.25) is 9.80 Å². The second-order valence-electron chi connectivity index (χ2n) is 5.70. The Hall–Kier alpha value is 0.0200. The first kappa shape index (κ1) is 12.7. The summed E-state index contributed by atoms with van der Waals surface area (Å²) in [7, 11) is 0. The van der Waals surface area contributed by atoms with Gasteiger partial charge in [0, 0.05) is 38.6 Å². The maximum atomic E-state index is 6.32. The number of fused-ring (bicyclic) bond motifs is 3. The van der Waals surface area contributed by atoms with E-state index in [4.69, 9.17) is 16.6 Å². The number of nitrogens with zero attached hydrogens (tertiary/aromatic N) is 4. The molecule has 4 aliphatic rings. The molecule has 19 heavy (non-hydrogen) atoms. The van der Waals surface area contributed by atoms with Crippen molar-refractivity contribution in [2.45, 2.75) is 24.8 Å². The van der Waals surface area contributed by atoms with E-state index in [0.29, 0.717) is 17.1 Å². The number of aromatic nitrogens is 2. The van der Waals surface area contributed by atoms with Crippen LogP contribution in [0.1, 0.15) is 36.3 Å². The molecule has 1 aromatic heterocycles. The highest BCUT2D eigenvalue weighted by Crippen LogP contribution is 2.42. The molecule has 3 saturated heterocycles. The summed E-state index contributed by atoms with van der Waals surface area (Å²) in [6.45, 7) is 5.70. The lowest BCUT2D eigenvalue weighted by atomic mass is 10.1. The molecule has 2 bridgehead atoms. The Morgan fingerprint density at radius 3 is 2.42 bits per heavy atom. The Balaban J connectivity index is 1.71. The van der Waals surface area contributed by atoms with Crippen molar-refractivity contribution in [2.75, 3.05) is 32.7 Å². The van der Waals surface area contributed by atoms with E-state index in [1.807, 2.05) is 0 Å². The monoisotopic (exact) mass is 390 g/mol. The maximum absolute atomic E-state index is 6.32. The lowest BCUT2D eigenvalue weighted by Gasteiger charge is -2.46. The van der Waals surface area contributed by atoms with Crippen molar-refractivity contribution < 1.29 is 0 Å². The molecule has 4 fully saturated rings. The average Bonchev–Trinajstić information content (AvgIpc) is 3.27. The number of piperazine rings is 3. The molecule has 6 heteroatoms. The highest BCUT2D eigenvalue weighted by Gasteiger charge is 2.36. The van der Waals surface area contributed by atoms with Gasteiger partial charge in [-0.05, 0) is 35.4 Å². The van der Waals surface area contributed by atoms with Gasteiger partial charge in [-0.2, -0.15) is 0 Å². The summed E-state index contributed by atoms with van der Waals surface area (Å²) in [6, 6.07) is 0.342. The van der Waals surface area contributed by atoms with E-state index < -0.39 is 0 Å². The summed E-state index contributed by atoms with van der Waals surface area (Å²) in [5, 5.41) is 0.644. The highest BCUT2D eigenvalue weighted by molar-refractivity contribution is 14.1. The summed E-state index contributed by atoms with van der Waals surface area (Å²) in [6.07, 6.45) is 2.51. The fourth-order valence-corrected chi connectivity index (χ4v) is 3.96. The third-order valence-electron chi connectivity index (χ3n) is 4.39. The van der Waals surface area contributed by atoms with Crippen molar-refractivity contribution in [2.24, 2.45) is 0 Å². The highest BCUT2D eigenvalue weighted by atomic mass is 127. The molecule has 0 aromatic carbocycles. The van der Waals surface area contributed by atoms with Gasteiger partial charge < -0.3 is 0 Å². The Labute approximate surface area is 131 Å². The molecule has 0 radical (unpaired) electrons. The largest absolute Gasteiger partial charge is 0.299 e. The number of hydrogen-bond acceptors (Lipinski definition) is 4. The minimum absolute atomic E-state index is 0.342. The maximum Gasteiger partial charge on any atom is 0.148 e. The van der Waals surface area contributed by atoms with E-state index >= 15 is 0 Å². The van der Waals surface area contributed by atoms with E-state index in [0.717, 1.165) is 29.0 Å². The lowest BCUT2D eigenvalue weighted by Crippen LogP contribution is -2.57. The van der Waals surface area contributed by atoms with Crippen LogP contribution in [-0.2, 0) is 0 Å². The van der Waals surface area contributed by atoms with Crippen molar-refractivity contribution in [1.82, 2.24) is 19.8 Å². The molecule has 5 rings (SSSR count). The number of halogens is 2. The third kappa shape index (κ3) is 2.28. The van der Waals surface area contributed by atoms with Gasteiger partial charge in [0.25, 0.3) is 0 Å². The molecule has 1 atom stereocenters. The molecule has 1 unspecified atom stereocenters. The second-order valence-corrected chi connectivity index (χ2v) is 7.14. The van der Waals surface area contributed by atoms with E-state index in [9.17, 15) is 0 Å². The summed E-state index contributed by atoms with van der Waals surface area (Å²) in [4.78, 5) is 14.5. The third-order valence-corrected chi connectivity index (χ3v) is 6.05. The van der Waals surface area contributed by atoms with Gasteiger partial charge in [0.05, 0.1) is 15.3 Å². The molecular formula is C13H16ClIN4. The summed E-state index contributed by atoms with van der Waals surface area (Å²) in [5.74, 6) is 1.57. The van der Waals surface area contributed by atoms with E-state index in [-0.39, 0.29) is 0 Å². The molecule has 4 nitrogen and oxygen atoms in total. The van der Waals surface area contributed by atoms with Crippen LogP contribution in [0.3, 0.4) is 0 Å². The van der Waals surface area contributed by atoms with Crippen LogP contribution in [-0.4, -0.2) is 52.5 Å². The molecule has 102 valence electrons. The van der Waals surface area contributed by atoms with Gasteiger partial charge in [-0.1, -0.05) is 11.6 Å². The predicted molar refractivity (Wildman–Crippen MR) is 82.5 cm³/mol. The summed E-state index contributed by atoms with van der Waals surface area (Å²) >= 11 is 8.61. The number of hydrogen-bond donors (Lipinski definition) is 0. The molecule has 3 aliphatic heterocycles. The quantitative estimate of drug-likeness (QED) is 0.573. The zero-order valence-electron chi connectivity index (χ0n) is 10.6. The zero-order chi connectivity index (χ0) is 13.0. The summed E-state index contributed by atoms with van der Waals surface area (Å²) in [5.41, 5.74) is 1.19. The fourth-order valence-electron chi connectivity index (χ4n) is 3.09. The molecule has 1 saturated carbocycles. The molecule has 1 aromatic rings. The Morgan fingerprint density at radius 1 is 1.11 bits per heavy atom. The number of rotatable bonds is 2. The second kappa shape index (κ2) is 4.79. The van der Waals surface area contributed by atoms with Crippen LogP contribution in [0, 0.1) is 3.57 Å². The van der Waals surface area contributed by atoms with E-state index in [1.54, 1.807) is 0 Å². The van der Waals surface area contributed by atoms with Gasteiger partial charge in [-0.25, -0.2) is 9.97 Å². The predicted octanol–water partition coefficient (Wildman–Crippen LogP) is 2.28. The van der Waals surface area contributed by atoms with Crippen molar-refractivity contribution >= 4 is 34.2 Å². The van der Waals surface area contributed by atoms with Gasteiger partial charge >= 0.3 is 0 Å². The molecular weight excluding hydrogens is 375 g/mol. The Kier molecular flexibility index (Phi) is 3.21. The van der Waals surface area contributed by atoms with Gasteiger partial charge in [0.2, 0.25) is 0 Å². The topological polar surface area (TPSA) is 32.3 Å². The van der Waals surface area contributed by atoms with Gasteiger partial charge in [0.15, 0.2) is 0 Å². The van der Waals surface area contributed by atoms with Crippen LogP contribution in [0.2, 0.25) is 5.15 Å². The molecule has 0 amide bonds. The average molecular weight is 391 g/mol. The van der Waals surface area contributed by atoms with Crippen molar-refractivity contribution in [3.8, 4) is 0 Å². The van der Waals surface area contributed by atoms with Crippen molar-refractivity contribution in [1.29, 1.82) is 0 Å². The van der Waals surface area contributed by atoms with E-state index in [2.05, 4.69) is 37.4 Å². The zero-order valence-corrected chi connectivity index (χ0v) is 13.6. The first-order valence-electron chi connectivity index (χ1n) is 6.91. The van der Waals surface area contributed by atoms with Crippen LogP contribution >= 0.6 is 34.2 Å². The lowest BCUT2D eigenvalue weighted by molar-refractivity contribution is 0.00854. The molecule has 4 heterocycles. The van der Waals surface area contributed by atoms with Crippen molar-refractivity contribution in [3.05, 3.63) is 20.2 Å². The van der Waals surface area contributed by atoms with Gasteiger partial charge in [-0.15, -0.1) is 0 Å². The normalized spacial score (nSPS) is 33.7. The van der Waals surface area contributed by atoms with Crippen LogP contribution in [0.5, 0.6) is 0 Å². The van der Waals surface area contributed by atoms with E-state index in [1.165, 1.54) is 31.6 Å². The molecule has 0 N–H and O–H groups in total. The molecule has 1 aliphatic carbocycles. The Bertz CT molecular complexity index is 512. The van der Waals surface area contributed by atoms with Crippen LogP contribution in [0.15, 0.2) is 0 Å². The van der Waals surface area contributed by atoms with Crippen molar-refractivity contribution in [3.63, 3.8) is 0 Å². The SMILES string of the molecule is Clc1nc(C2CN3CCN2CC3)nc(C2CC2)c1I. The smallest absolute Gasteiger partial charge is 0.148 e. The summed E-state index contributed by atoms with van der Waals surface area (Å²) < 4.78 is 1.06. The van der Waals surface area contributed by atoms with Crippen LogP contribution < -0.4 is 0 Å².